The maximum atomic E-state index is 11.6. The molecule has 0 bridgehead atoms. The minimum absolute atomic E-state index is 0.148. The molecule has 1 N–H and O–H groups in total. The van der Waals surface area contributed by atoms with E-state index in [4.69, 9.17) is 0 Å². The predicted octanol–water partition coefficient (Wildman–Crippen LogP) is 10.0. The van der Waals surface area contributed by atoms with Crippen LogP contribution in [0.4, 0.5) is 0 Å². The summed E-state index contributed by atoms with van der Waals surface area (Å²) in [5.74, 6) is 3.08. The van der Waals surface area contributed by atoms with Crippen molar-refractivity contribution in [3.63, 3.8) is 0 Å². The Morgan fingerprint density at radius 1 is 0.872 bits per heavy atom. The summed E-state index contributed by atoms with van der Waals surface area (Å²) in [6.07, 6.45) is 19.7. The molecule has 0 aromatic heterocycles. The molecule has 6 aliphatic carbocycles. The third-order valence-electron chi connectivity index (χ3n) is 15.2. The van der Waals surface area contributed by atoms with Gasteiger partial charge in [-0.15, -0.1) is 0 Å². The lowest BCUT2D eigenvalue weighted by molar-refractivity contribution is -0.225. The van der Waals surface area contributed by atoms with Crippen LogP contribution >= 0.6 is 0 Å². The molecule has 10 atom stereocenters. The van der Waals surface area contributed by atoms with Gasteiger partial charge in [-0.25, -0.2) is 0 Å². The van der Waals surface area contributed by atoms with Crippen molar-refractivity contribution in [2.45, 2.75) is 126 Å². The zero-order valence-corrected chi connectivity index (χ0v) is 26.2. The Morgan fingerprint density at radius 2 is 1.62 bits per heavy atom. The molecule has 0 spiro atoms. The van der Waals surface area contributed by atoms with Gasteiger partial charge in [-0.2, -0.15) is 0 Å². The van der Waals surface area contributed by atoms with Gasteiger partial charge in [0.15, 0.2) is 0 Å². The molecule has 4 fully saturated rings. The summed E-state index contributed by atoms with van der Waals surface area (Å²) in [6, 6.07) is 0. The summed E-state index contributed by atoms with van der Waals surface area (Å²) in [5.41, 5.74) is 6.32. The number of hydrogen-bond acceptors (Lipinski definition) is 1. The van der Waals surface area contributed by atoms with Crippen molar-refractivity contribution in [1.29, 1.82) is 0 Å². The third kappa shape index (κ3) is 3.67. The molecule has 2 heteroatoms. The third-order valence-corrected chi connectivity index (χ3v) is 15.2. The van der Waals surface area contributed by atoms with E-state index in [9.17, 15) is 9.90 Å². The number of carboxylic acids is 1. The van der Waals surface area contributed by atoms with Crippen LogP contribution in [0.15, 0.2) is 35.5 Å². The zero-order valence-electron chi connectivity index (χ0n) is 26.2. The van der Waals surface area contributed by atoms with Gasteiger partial charge in [0.1, 0.15) is 0 Å². The van der Waals surface area contributed by atoms with E-state index in [1.807, 2.05) is 0 Å². The zero-order chi connectivity index (χ0) is 28.2. The molecule has 2 nitrogen and oxygen atoms in total. The molecular formula is C37H56O2. The quantitative estimate of drug-likeness (QED) is 0.367. The second kappa shape index (κ2) is 8.84. The molecule has 216 valence electrons. The number of aliphatic carboxylic acids is 1. The fourth-order valence-corrected chi connectivity index (χ4v) is 12.9. The molecule has 6 aliphatic rings. The van der Waals surface area contributed by atoms with Crippen LogP contribution in [0.1, 0.15) is 126 Å². The number of carbonyl (C=O) groups is 1. The van der Waals surface area contributed by atoms with Gasteiger partial charge in [-0.05, 0) is 152 Å². The number of hydrogen-bond donors (Lipinski definition) is 1. The van der Waals surface area contributed by atoms with Crippen molar-refractivity contribution >= 4 is 5.97 Å². The molecule has 0 aliphatic heterocycles. The summed E-state index contributed by atoms with van der Waals surface area (Å²) in [6.45, 7) is 22.7. The lowest BCUT2D eigenvalue weighted by Crippen LogP contribution is -2.65. The Balaban J connectivity index is 1.33. The molecular weight excluding hydrogens is 476 g/mol. The molecule has 0 radical (unpaired) electrons. The van der Waals surface area contributed by atoms with Gasteiger partial charge in [-0.3, -0.25) is 4.79 Å². The van der Waals surface area contributed by atoms with E-state index in [0.717, 1.165) is 36.5 Å². The van der Waals surface area contributed by atoms with Crippen molar-refractivity contribution in [3.05, 3.63) is 35.5 Å². The average molecular weight is 533 g/mol. The fourth-order valence-electron chi connectivity index (χ4n) is 12.9. The Morgan fingerprint density at radius 3 is 2.26 bits per heavy atom. The number of carboxylic acid groups (broad SMARTS) is 1. The molecule has 0 aromatic rings. The first-order valence-corrected chi connectivity index (χ1v) is 16.5. The monoisotopic (exact) mass is 532 g/mol. The molecule has 39 heavy (non-hydrogen) atoms. The minimum Gasteiger partial charge on any atom is -0.481 e. The molecule has 0 amide bonds. The molecule has 0 unspecified atom stereocenters. The molecule has 0 saturated heterocycles. The van der Waals surface area contributed by atoms with Crippen LogP contribution in [0, 0.1) is 62.6 Å². The van der Waals surface area contributed by atoms with E-state index in [0.29, 0.717) is 34.0 Å². The van der Waals surface area contributed by atoms with Gasteiger partial charge < -0.3 is 5.11 Å². The molecule has 0 aromatic carbocycles. The second-order valence-electron chi connectivity index (χ2n) is 16.9. The van der Waals surface area contributed by atoms with Gasteiger partial charge in [0.05, 0.1) is 5.92 Å². The van der Waals surface area contributed by atoms with Crippen LogP contribution in [-0.2, 0) is 4.79 Å². The van der Waals surface area contributed by atoms with E-state index >= 15 is 0 Å². The summed E-state index contributed by atoms with van der Waals surface area (Å²) < 4.78 is 0. The maximum Gasteiger partial charge on any atom is 0.306 e. The summed E-state index contributed by atoms with van der Waals surface area (Å²) in [4.78, 5) is 11.6. The topological polar surface area (TPSA) is 37.3 Å². The highest BCUT2D eigenvalue weighted by atomic mass is 16.4. The van der Waals surface area contributed by atoms with Crippen LogP contribution in [0.3, 0.4) is 0 Å². The summed E-state index contributed by atoms with van der Waals surface area (Å²) in [5, 5.41) is 9.52. The molecule has 6 rings (SSSR count). The van der Waals surface area contributed by atoms with E-state index in [2.05, 4.69) is 67.2 Å². The summed E-state index contributed by atoms with van der Waals surface area (Å²) in [7, 11) is 0. The first kappa shape index (κ1) is 27.8. The van der Waals surface area contributed by atoms with Gasteiger partial charge in [0.2, 0.25) is 0 Å². The summed E-state index contributed by atoms with van der Waals surface area (Å²) >= 11 is 0. The normalized spacial score (nSPS) is 50.4. The smallest absolute Gasteiger partial charge is 0.306 e. The highest BCUT2D eigenvalue weighted by molar-refractivity contribution is 5.70. The van der Waals surface area contributed by atoms with E-state index in [1.165, 1.54) is 68.9 Å². The number of fused-ring (bicyclic) bond motifs is 7. The number of rotatable bonds is 3. The SMILES string of the molecule is C=C(C)[C@@H]1CC[C@]2(C)CC[C@]3(C)[C@H](CC[C@@H]4[C@@]5(C)CC=C(C6=CC[C@H](C(=O)O)CC6)C(C)(C)[C@@H]5CC[C@]43C)[C@@H]12. The molecule has 4 saturated carbocycles. The van der Waals surface area contributed by atoms with Crippen LogP contribution in [0.2, 0.25) is 0 Å². The van der Waals surface area contributed by atoms with Gasteiger partial charge in [0.25, 0.3) is 0 Å². The molecule has 0 heterocycles. The van der Waals surface area contributed by atoms with Crippen LogP contribution in [0.5, 0.6) is 0 Å². The Labute approximate surface area is 239 Å². The van der Waals surface area contributed by atoms with Gasteiger partial charge >= 0.3 is 5.97 Å². The minimum atomic E-state index is -0.624. The first-order valence-electron chi connectivity index (χ1n) is 16.5. The standard InChI is InChI=1S/C37H56O2/c1-23(2)26-15-18-34(5)21-22-36(7)28(31(26)34)13-14-30-35(6)19-16-27(24-9-11-25(12-10-24)32(38)39)33(3,4)29(35)17-20-37(30,36)8/h9,16,25-26,28-31H,1,10-15,17-22H2,2-8H3,(H,38,39)/t25-,26-,28+,29-,30+,31+,34+,35-,36+,37+/m0/s1. The second-order valence-corrected chi connectivity index (χ2v) is 16.9. The Bertz CT molecular complexity index is 1120. The van der Waals surface area contributed by atoms with Crippen molar-refractivity contribution in [2.75, 3.05) is 0 Å². The fraction of sp³-hybridized carbons (Fsp3) is 0.811. The Kier molecular flexibility index (Phi) is 6.31. The first-order chi connectivity index (χ1) is 18.2. The predicted molar refractivity (Wildman–Crippen MR) is 161 cm³/mol. The maximum absolute atomic E-state index is 11.6. The highest BCUT2D eigenvalue weighted by Crippen LogP contribution is 2.77. The van der Waals surface area contributed by atoms with Gasteiger partial charge in [-0.1, -0.05) is 65.8 Å². The van der Waals surface area contributed by atoms with Crippen molar-refractivity contribution in [3.8, 4) is 0 Å². The van der Waals surface area contributed by atoms with E-state index in [1.54, 1.807) is 5.57 Å². The highest BCUT2D eigenvalue weighted by Gasteiger charge is 2.69. The van der Waals surface area contributed by atoms with Crippen molar-refractivity contribution in [2.24, 2.45) is 62.6 Å². The van der Waals surface area contributed by atoms with Crippen molar-refractivity contribution in [1.82, 2.24) is 0 Å². The lowest BCUT2D eigenvalue weighted by atomic mass is 9.32. The van der Waals surface area contributed by atoms with Crippen LogP contribution in [-0.4, -0.2) is 11.1 Å². The van der Waals surface area contributed by atoms with Crippen LogP contribution in [0.25, 0.3) is 0 Å². The number of allylic oxidation sites excluding steroid dienone is 5. The Hall–Kier alpha value is -1.31. The lowest BCUT2D eigenvalue weighted by Gasteiger charge is -2.72. The largest absolute Gasteiger partial charge is 0.481 e. The van der Waals surface area contributed by atoms with Gasteiger partial charge in [0, 0.05) is 0 Å². The average Bonchev–Trinajstić information content (AvgIpc) is 3.22. The van der Waals surface area contributed by atoms with Crippen molar-refractivity contribution < 1.29 is 9.90 Å². The van der Waals surface area contributed by atoms with Crippen LogP contribution < -0.4 is 0 Å². The van der Waals surface area contributed by atoms with E-state index in [-0.39, 0.29) is 11.3 Å². The van der Waals surface area contributed by atoms with E-state index < -0.39 is 5.97 Å².